The summed E-state index contributed by atoms with van der Waals surface area (Å²) in [4.78, 5) is 6.93. The van der Waals surface area contributed by atoms with Gasteiger partial charge in [-0.25, -0.2) is 4.39 Å². The van der Waals surface area contributed by atoms with Crippen molar-refractivity contribution in [2.75, 3.05) is 19.1 Å². The van der Waals surface area contributed by atoms with Crippen LogP contribution in [0.3, 0.4) is 0 Å². The molecule has 130 valence electrons. The van der Waals surface area contributed by atoms with E-state index in [2.05, 4.69) is 16.0 Å². The maximum atomic E-state index is 13.2. The molecular formula is C19H19FN2O2S. The fourth-order valence-electron chi connectivity index (χ4n) is 2.90. The van der Waals surface area contributed by atoms with Gasteiger partial charge in [-0.15, -0.1) is 0 Å². The van der Waals surface area contributed by atoms with Crippen molar-refractivity contribution >= 4 is 16.9 Å². The zero-order valence-electron chi connectivity index (χ0n) is 13.8. The summed E-state index contributed by atoms with van der Waals surface area (Å²) < 4.78 is 24.0. The van der Waals surface area contributed by atoms with Crippen molar-refractivity contribution in [1.82, 2.24) is 4.90 Å². The van der Waals surface area contributed by atoms with Crippen molar-refractivity contribution in [3.05, 3.63) is 59.4 Å². The van der Waals surface area contributed by atoms with Crippen LogP contribution in [0.5, 0.6) is 11.5 Å². The lowest BCUT2D eigenvalue weighted by Crippen LogP contribution is -2.30. The quantitative estimate of drug-likeness (QED) is 0.826. The third-order valence-corrected chi connectivity index (χ3v) is 5.29. The first-order chi connectivity index (χ1) is 12.3. The Balaban J connectivity index is 1.56. The number of halogens is 1. The Bertz CT molecular complexity index is 779. The molecular weight excluding hydrogens is 339 g/mol. The lowest BCUT2D eigenvalue weighted by atomic mass is 10.1. The smallest absolute Gasteiger partial charge is 0.231 e. The second-order valence-electron chi connectivity index (χ2n) is 6.04. The molecule has 2 heterocycles. The molecule has 0 unspecified atom stereocenters. The topological polar surface area (TPSA) is 34.1 Å². The number of thioether (sulfide) groups is 1. The molecule has 0 N–H and O–H groups in total. The number of amidine groups is 1. The van der Waals surface area contributed by atoms with Crippen LogP contribution in [0.4, 0.5) is 4.39 Å². The summed E-state index contributed by atoms with van der Waals surface area (Å²) in [6.45, 7) is 2.56. The van der Waals surface area contributed by atoms with Crippen LogP contribution in [0.1, 0.15) is 17.5 Å². The van der Waals surface area contributed by atoms with E-state index < -0.39 is 0 Å². The number of hydrogen-bond acceptors (Lipinski definition) is 5. The number of benzene rings is 2. The van der Waals surface area contributed by atoms with Gasteiger partial charge in [-0.05, 0) is 41.8 Å². The normalized spacial score (nSPS) is 15.8. The number of aliphatic imine (C=N–C) groups is 1. The van der Waals surface area contributed by atoms with Gasteiger partial charge >= 0.3 is 0 Å². The number of hydrogen-bond donors (Lipinski definition) is 0. The summed E-state index contributed by atoms with van der Waals surface area (Å²) in [6, 6.07) is 12.7. The highest BCUT2D eigenvalue weighted by atomic mass is 32.2. The van der Waals surface area contributed by atoms with Gasteiger partial charge in [0.05, 0.1) is 0 Å². The number of rotatable bonds is 4. The van der Waals surface area contributed by atoms with Crippen molar-refractivity contribution in [3.63, 3.8) is 0 Å². The van der Waals surface area contributed by atoms with Crippen LogP contribution in [0.2, 0.25) is 0 Å². The van der Waals surface area contributed by atoms with Crippen LogP contribution in [0, 0.1) is 5.82 Å². The van der Waals surface area contributed by atoms with Gasteiger partial charge in [0.1, 0.15) is 5.82 Å². The lowest BCUT2D eigenvalue weighted by molar-refractivity contribution is 0.174. The Hall–Kier alpha value is -2.21. The van der Waals surface area contributed by atoms with Gasteiger partial charge < -0.3 is 14.4 Å². The zero-order chi connectivity index (χ0) is 17.1. The van der Waals surface area contributed by atoms with Crippen LogP contribution in [-0.4, -0.2) is 29.2 Å². The standard InChI is InChI=1S/C19H19FN2O2S/c20-16-5-2-14(3-6-16)11-22(19-21-8-1-9-25-19)12-15-4-7-17-18(10-15)24-13-23-17/h2-7,10H,1,8-9,11-13H2. The van der Waals surface area contributed by atoms with E-state index >= 15 is 0 Å². The maximum absolute atomic E-state index is 13.2. The average molecular weight is 358 g/mol. The fraction of sp³-hybridized carbons (Fsp3) is 0.316. The van der Waals surface area contributed by atoms with Crippen molar-refractivity contribution in [1.29, 1.82) is 0 Å². The van der Waals surface area contributed by atoms with Crippen LogP contribution in [0.15, 0.2) is 47.5 Å². The molecule has 2 aromatic rings. The monoisotopic (exact) mass is 358 g/mol. The largest absolute Gasteiger partial charge is 0.454 e. The molecule has 0 fully saturated rings. The predicted molar refractivity (Wildman–Crippen MR) is 97.6 cm³/mol. The van der Waals surface area contributed by atoms with Gasteiger partial charge in [-0.2, -0.15) is 0 Å². The maximum Gasteiger partial charge on any atom is 0.231 e. The molecule has 0 aliphatic carbocycles. The molecule has 0 radical (unpaired) electrons. The summed E-state index contributed by atoms with van der Waals surface area (Å²) in [5, 5.41) is 1.05. The van der Waals surface area contributed by atoms with Crippen LogP contribution in [-0.2, 0) is 13.1 Å². The second-order valence-corrected chi connectivity index (χ2v) is 7.10. The fourth-order valence-corrected chi connectivity index (χ4v) is 3.85. The first-order valence-corrected chi connectivity index (χ1v) is 9.32. The van der Waals surface area contributed by atoms with Crippen LogP contribution < -0.4 is 9.47 Å². The molecule has 25 heavy (non-hydrogen) atoms. The molecule has 0 atom stereocenters. The molecule has 2 aromatic carbocycles. The van der Waals surface area contributed by atoms with E-state index in [1.165, 1.54) is 12.1 Å². The van der Waals surface area contributed by atoms with Crippen LogP contribution >= 0.6 is 11.8 Å². The predicted octanol–water partition coefficient (Wildman–Crippen LogP) is 4.05. The van der Waals surface area contributed by atoms with E-state index in [0.29, 0.717) is 6.54 Å². The number of nitrogens with zero attached hydrogens (tertiary/aromatic N) is 2. The van der Waals surface area contributed by atoms with E-state index in [1.807, 2.05) is 24.3 Å². The Morgan fingerprint density at radius 3 is 2.56 bits per heavy atom. The van der Waals surface area contributed by atoms with E-state index in [4.69, 9.17) is 9.47 Å². The molecule has 0 saturated carbocycles. The van der Waals surface area contributed by atoms with E-state index in [0.717, 1.165) is 53.1 Å². The first-order valence-electron chi connectivity index (χ1n) is 8.33. The zero-order valence-corrected chi connectivity index (χ0v) is 14.6. The summed E-state index contributed by atoms with van der Waals surface area (Å²) in [5.41, 5.74) is 2.20. The van der Waals surface area contributed by atoms with Gasteiger partial charge in [0.15, 0.2) is 16.7 Å². The number of fused-ring (bicyclic) bond motifs is 1. The Morgan fingerprint density at radius 1 is 1.00 bits per heavy atom. The van der Waals surface area contributed by atoms with Crippen molar-refractivity contribution < 1.29 is 13.9 Å². The Kier molecular flexibility index (Phi) is 4.78. The van der Waals surface area contributed by atoms with Crippen molar-refractivity contribution in [3.8, 4) is 11.5 Å². The molecule has 4 rings (SSSR count). The molecule has 2 aliphatic heterocycles. The van der Waals surface area contributed by atoms with Gasteiger partial charge in [0, 0.05) is 25.4 Å². The third-order valence-electron chi connectivity index (χ3n) is 4.15. The summed E-state index contributed by atoms with van der Waals surface area (Å²) in [5.74, 6) is 2.45. The summed E-state index contributed by atoms with van der Waals surface area (Å²) >= 11 is 1.78. The molecule has 2 aliphatic rings. The first kappa shape index (κ1) is 16.3. The van der Waals surface area contributed by atoms with Gasteiger partial charge in [0.25, 0.3) is 0 Å². The van der Waals surface area contributed by atoms with E-state index in [1.54, 1.807) is 11.8 Å². The minimum atomic E-state index is -0.213. The SMILES string of the molecule is Fc1ccc(CN(Cc2ccc3c(c2)OCO3)C2=NCCCS2)cc1. The number of ether oxygens (including phenoxy) is 2. The Labute approximate surface area is 150 Å². The molecule has 0 spiro atoms. The molecule has 0 aromatic heterocycles. The lowest BCUT2D eigenvalue weighted by Gasteiger charge is -2.28. The molecule has 6 heteroatoms. The second kappa shape index (κ2) is 7.35. The van der Waals surface area contributed by atoms with Gasteiger partial charge in [0.2, 0.25) is 6.79 Å². The minimum Gasteiger partial charge on any atom is -0.454 e. The highest BCUT2D eigenvalue weighted by molar-refractivity contribution is 8.13. The van der Waals surface area contributed by atoms with Gasteiger partial charge in [-0.1, -0.05) is 30.0 Å². The minimum absolute atomic E-state index is 0.213. The molecule has 0 amide bonds. The highest BCUT2D eigenvalue weighted by Gasteiger charge is 2.18. The molecule has 0 saturated heterocycles. The highest BCUT2D eigenvalue weighted by Crippen LogP contribution is 2.33. The van der Waals surface area contributed by atoms with Crippen molar-refractivity contribution in [2.24, 2.45) is 4.99 Å². The summed E-state index contributed by atoms with van der Waals surface area (Å²) in [6.07, 6.45) is 1.11. The Morgan fingerprint density at radius 2 is 1.76 bits per heavy atom. The summed E-state index contributed by atoms with van der Waals surface area (Å²) in [7, 11) is 0. The van der Waals surface area contributed by atoms with E-state index in [-0.39, 0.29) is 12.6 Å². The third kappa shape index (κ3) is 3.90. The van der Waals surface area contributed by atoms with Crippen LogP contribution in [0.25, 0.3) is 0 Å². The average Bonchev–Trinajstić information content (AvgIpc) is 3.11. The van der Waals surface area contributed by atoms with E-state index in [9.17, 15) is 4.39 Å². The molecule has 0 bridgehead atoms. The van der Waals surface area contributed by atoms with Gasteiger partial charge in [-0.3, -0.25) is 4.99 Å². The molecule has 4 nitrogen and oxygen atoms in total. The van der Waals surface area contributed by atoms with Crippen molar-refractivity contribution in [2.45, 2.75) is 19.5 Å².